The lowest BCUT2D eigenvalue weighted by Crippen LogP contribution is -2.02. The summed E-state index contributed by atoms with van der Waals surface area (Å²) in [5.41, 5.74) is 6.57. The fourth-order valence-electron chi connectivity index (χ4n) is 1.45. The highest BCUT2D eigenvalue weighted by Crippen LogP contribution is 2.30. The first-order valence-electron chi connectivity index (χ1n) is 5.04. The molecule has 1 aromatic carbocycles. The van der Waals surface area contributed by atoms with Gasteiger partial charge < -0.3 is 10.5 Å². The van der Waals surface area contributed by atoms with Gasteiger partial charge in [-0.3, -0.25) is 0 Å². The van der Waals surface area contributed by atoms with Crippen LogP contribution < -0.4 is 10.5 Å². The predicted molar refractivity (Wildman–Crippen MR) is 75.7 cm³/mol. The Morgan fingerprint density at radius 3 is 2.88 bits per heavy atom. The molecule has 0 atom stereocenters. The molecule has 1 aromatic heterocycles. The third kappa shape index (κ3) is 3.22. The zero-order valence-electron chi connectivity index (χ0n) is 8.95. The average molecular weight is 333 g/mol. The van der Waals surface area contributed by atoms with Crippen molar-refractivity contribution in [1.29, 1.82) is 0 Å². The zero-order valence-corrected chi connectivity index (χ0v) is 12.1. The fraction of sp³-hybridized carbons (Fsp3) is 0.167. The van der Waals surface area contributed by atoms with Gasteiger partial charge in [0.15, 0.2) is 0 Å². The molecular weight excluding hydrogens is 322 g/mol. The van der Waals surface area contributed by atoms with Gasteiger partial charge in [-0.15, -0.1) is 11.3 Å². The van der Waals surface area contributed by atoms with Crippen LogP contribution in [0.15, 0.2) is 34.1 Å². The number of ether oxygens (including phenoxy) is 1. The second-order valence-electron chi connectivity index (χ2n) is 3.45. The molecule has 0 aliphatic carbocycles. The topological polar surface area (TPSA) is 35.2 Å². The minimum atomic E-state index is 0.421. The van der Waals surface area contributed by atoms with Crippen molar-refractivity contribution in [2.45, 2.75) is 13.2 Å². The Balaban J connectivity index is 2.13. The van der Waals surface area contributed by atoms with E-state index in [2.05, 4.69) is 15.9 Å². The molecule has 1 heterocycles. The van der Waals surface area contributed by atoms with Gasteiger partial charge in [-0.1, -0.05) is 23.7 Å². The molecule has 0 aliphatic rings. The molecule has 0 aliphatic heterocycles. The highest BCUT2D eigenvalue weighted by Gasteiger charge is 2.08. The van der Waals surface area contributed by atoms with Crippen molar-refractivity contribution in [3.05, 3.63) is 49.6 Å². The third-order valence-corrected chi connectivity index (χ3v) is 4.22. The molecule has 0 unspecified atom stereocenters. The van der Waals surface area contributed by atoms with Gasteiger partial charge in [0.05, 0.1) is 5.02 Å². The third-order valence-electron chi connectivity index (χ3n) is 2.25. The maximum Gasteiger partial charge on any atom is 0.142 e. The van der Waals surface area contributed by atoms with Gasteiger partial charge in [0.1, 0.15) is 12.4 Å². The summed E-state index contributed by atoms with van der Waals surface area (Å²) in [6.45, 7) is 0.928. The van der Waals surface area contributed by atoms with E-state index in [1.807, 2.05) is 23.6 Å². The monoisotopic (exact) mass is 331 g/mol. The van der Waals surface area contributed by atoms with E-state index in [1.54, 1.807) is 17.4 Å². The summed E-state index contributed by atoms with van der Waals surface area (Å²) < 4.78 is 6.80. The van der Waals surface area contributed by atoms with Gasteiger partial charge in [0, 0.05) is 26.8 Å². The molecule has 90 valence electrons. The first-order chi connectivity index (χ1) is 8.20. The van der Waals surface area contributed by atoms with Crippen LogP contribution in [0.5, 0.6) is 5.75 Å². The quantitative estimate of drug-likeness (QED) is 0.910. The smallest absolute Gasteiger partial charge is 0.142 e. The van der Waals surface area contributed by atoms with E-state index in [0.29, 0.717) is 23.9 Å². The molecule has 17 heavy (non-hydrogen) atoms. The minimum absolute atomic E-state index is 0.421. The van der Waals surface area contributed by atoms with E-state index >= 15 is 0 Å². The van der Waals surface area contributed by atoms with Crippen LogP contribution in [-0.4, -0.2) is 0 Å². The van der Waals surface area contributed by atoms with Crippen LogP contribution in [0.2, 0.25) is 5.02 Å². The lowest BCUT2D eigenvalue weighted by Gasteiger charge is -2.11. The summed E-state index contributed by atoms with van der Waals surface area (Å²) in [4.78, 5) is 1.14. The summed E-state index contributed by atoms with van der Waals surface area (Å²) in [7, 11) is 0. The highest BCUT2D eigenvalue weighted by atomic mass is 79.9. The molecule has 0 fully saturated rings. The van der Waals surface area contributed by atoms with E-state index in [-0.39, 0.29) is 0 Å². The maximum absolute atomic E-state index is 6.09. The molecule has 0 bridgehead atoms. The first kappa shape index (κ1) is 12.9. The van der Waals surface area contributed by atoms with Gasteiger partial charge in [-0.25, -0.2) is 0 Å². The first-order valence-corrected chi connectivity index (χ1v) is 7.09. The minimum Gasteiger partial charge on any atom is -0.486 e. The van der Waals surface area contributed by atoms with Crippen LogP contribution in [0.4, 0.5) is 0 Å². The molecule has 0 saturated carbocycles. The molecule has 0 radical (unpaired) electrons. The summed E-state index contributed by atoms with van der Waals surface area (Å²) in [5.74, 6) is 0.682. The number of nitrogens with two attached hydrogens (primary N) is 1. The highest BCUT2D eigenvalue weighted by molar-refractivity contribution is 9.10. The van der Waals surface area contributed by atoms with Gasteiger partial charge in [0.25, 0.3) is 0 Å². The Morgan fingerprint density at radius 1 is 1.41 bits per heavy atom. The SMILES string of the molecule is NCc1cccc(Cl)c1OCc1cc(Br)cs1. The van der Waals surface area contributed by atoms with Gasteiger partial charge >= 0.3 is 0 Å². The van der Waals surface area contributed by atoms with Crippen LogP contribution in [0.25, 0.3) is 0 Å². The van der Waals surface area contributed by atoms with Crippen molar-refractivity contribution in [1.82, 2.24) is 0 Å². The van der Waals surface area contributed by atoms with Crippen LogP contribution >= 0.6 is 38.9 Å². The molecule has 2 aromatic rings. The molecule has 2 N–H and O–H groups in total. The van der Waals surface area contributed by atoms with E-state index in [4.69, 9.17) is 22.1 Å². The molecule has 2 nitrogen and oxygen atoms in total. The Kier molecular flexibility index (Phi) is 4.45. The van der Waals surface area contributed by atoms with Crippen molar-refractivity contribution < 1.29 is 4.74 Å². The predicted octanol–water partition coefficient (Wildman–Crippen LogP) is 4.20. The Labute approximate surface area is 117 Å². The Bertz CT molecular complexity index is 515. The lowest BCUT2D eigenvalue weighted by atomic mass is 10.2. The molecule has 0 spiro atoms. The average Bonchev–Trinajstić information content (AvgIpc) is 2.73. The van der Waals surface area contributed by atoms with Crippen molar-refractivity contribution in [3.8, 4) is 5.75 Å². The second kappa shape index (κ2) is 5.87. The summed E-state index contributed by atoms with van der Waals surface area (Å²) in [6.07, 6.45) is 0. The van der Waals surface area contributed by atoms with Gasteiger partial charge in [-0.05, 0) is 28.1 Å². The number of hydrogen-bond acceptors (Lipinski definition) is 3. The number of halogens is 2. The summed E-state index contributed by atoms with van der Waals surface area (Å²) in [5, 5.41) is 2.62. The molecular formula is C12H11BrClNOS. The lowest BCUT2D eigenvalue weighted by molar-refractivity contribution is 0.306. The van der Waals surface area contributed by atoms with E-state index < -0.39 is 0 Å². The standard InChI is InChI=1S/C12H11BrClNOS/c13-9-4-10(17-7-9)6-16-12-8(5-15)2-1-3-11(12)14/h1-4,7H,5-6,15H2. The number of hydrogen-bond donors (Lipinski definition) is 1. The molecule has 0 amide bonds. The largest absolute Gasteiger partial charge is 0.486 e. The molecule has 5 heteroatoms. The van der Waals surface area contributed by atoms with Crippen LogP contribution in [0, 0.1) is 0 Å². The summed E-state index contributed by atoms with van der Waals surface area (Å²) >= 11 is 11.1. The van der Waals surface area contributed by atoms with E-state index in [9.17, 15) is 0 Å². The Morgan fingerprint density at radius 2 is 2.24 bits per heavy atom. The molecule has 0 saturated heterocycles. The number of thiophene rings is 1. The van der Waals surface area contributed by atoms with Crippen molar-refractivity contribution >= 4 is 38.9 Å². The van der Waals surface area contributed by atoms with E-state index in [1.165, 1.54) is 0 Å². The Hall–Kier alpha value is -0.550. The zero-order chi connectivity index (χ0) is 12.3. The fourth-order valence-corrected chi connectivity index (χ4v) is 3.06. The van der Waals surface area contributed by atoms with Crippen molar-refractivity contribution in [2.75, 3.05) is 0 Å². The van der Waals surface area contributed by atoms with Gasteiger partial charge in [-0.2, -0.15) is 0 Å². The van der Waals surface area contributed by atoms with Crippen molar-refractivity contribution in [3.63, 3.8) is 0 Å². The molecule has 2 rings (SSSR count). The van der Waals surface area contributed by atoms with Gasteiger partial charge in [0.2, 0.25) is 0 Å². The maximum atomic E-state index is 6.09. The normalized spacial score (nSPS) is 10.5. The van der Waals surface area contributed by atoms with Crippen LogP contribution in [0.1, 0.15) is 10.4 Å². The second-order valence-corrected chi connectivity index (χ2v) is 5.77. The van der Waals surface area contributed by atoms with E-state index in [0.717, 1.165) is 14.9 Å². The number of benzene rings is 1. The van der Waals surface area contributed by atoms with Crippen LogP contribution in [0.3, 0.4) is 0 Å². The summed E-state index contributed by atoms with van der Waals surface area (Å²) in [6, 6.07) is 7.63. The van der Waals surface area contributed by atoms with Crippen LogP contribution in [-0.2, 0) is 13.2 Å². The number of para-hydroxylation sites is 1. The number of rotatable bonds is 4. The van der Waals surface area contributed by atoms with Crippen molar-refractivity contribution in [2.24, 2.45) is 5.73 Å².